The molecule has 0 aliphatic carbocycles. The van der Waals surface area contributed by atoms with Crippen molar-refractivity contribution >= 4 is 46.2 Å². The molecule has 0 saturated heterocycles. The van der Waals surface area contributed by atoms with E-state index in [4.69, 9.17) is 9.47 Å². The molecule has 1 amide bonds. The van der Waals surface area contributed by atoms with E-state index in [-0.39, 0.29) is 12.5 Å². The number of hydrogen-bond acceptors (Lipinski definition) is 6. The summed E-state index contributed by atoms with van der Waals surface area (Å²) >= 11 is 2.98. The zero-order valence-electron chi connectivity index (χ0n) is 15.2. The van der Waals surface area contributed by atoms with Crippen LogP contribution in [-0.4, -0.2) is 25.6 Å². The van der Waals surface area contributed by atoms with Crippen molar-refractivity contribution in [2.45, 2.75) is 6.54 Å². The van der Waals surface area contributed by atoms with Gasteiger partial charge in [-0.2, -0.15) is 0 Å². The summed E-state index contributed by atoms with van der Waals surface area (Å²) < 4.78 is 10.4. The van der Waals surface area contributed by atoms with Crippen LogP contribution in [0.3, 0.4) is 0 Å². The number of esters is 1. The minimum absolute atomic E-state index is 0.330. The summed E-state index contributed by atoms with van der Waals surface area (Å²) in [6.45, 7) is -0.00758. The van der Waals surface area contributed by atoms with Gasteiger partial charge in [0.05, 0.1) is 12.7 Å². The summed E-state index contributed by atoms with van der Waals surface area (Å²) in [5, 5.41) is 6.57. The van der Waals surface area contributed by atoms with Crippen LogP contribution < -0.4 is 10.1 Å². The van der Waals surface area contributed by atoms with Gasteiger partial charge in [0.25, 0.3) is 5.91 Å². The zero-order chi connectivity index (χ0) is 19.8. The number of ether oxygens (including phenoxy) is 2. The van der Waals surface area contributed by atoms with Crippen LogP contribution in [0.5, 0.6) is 5.75 Å². The van der Waals surface area contributed by atoms with Crippen LogP contribution in [0.4, 0.5) is 0 Å². The highest BCUT2D eigenvalue weighted by atomic mass is 32.1. The summed E-state index contributed by atoms with van der Waals surface area (Å²) in [4.78, 5) is 26.4. The van der Waals surface area contributed by atoms with E-state index in [0.29, 0.717) is 12.1 Å². The molecule has 0 bridgehead atoms. The Balaban J connectivity index is 1.57. The maximum Gasteiger partial charge on any atom is 0.340 e. The molecule has 0 radical (unpaired) electrons. The molecule has 2 aromatic heterocycles. The standard InChI is InChI=1S/C21H19NO4S2/c1-25-16-6-2-5-15(11-16)13-22-20(23)14-26-21(24)18(19-8-4-10-28-19)12-17-7-3-9-27-17/h2-12H,13-14H2,1H3,(H,22,23)/b18-12+. The Bertz CT molecular complexity index is 947. The molecule has 0 fully saturated rings. The minimum atomic E-state index is -0.521. The van der Waals surface area contributed by atoms with Crippen LogP contribution >= 0.6 is 22.7 Å². The van der Waals surface area contributed by atoms with Crippen LogP contribution in [0.25, 0.3) is 11.6 Å². The fourth-order valence-corrected chi connectivity index (χ4v) is 3.81. The minimum Gasteiger partial charge on any atom is -0.497 e. The van der Waals surface area contributed by atoms with Crippen LogP contribution in [0.15, 0.2) is 59.3 Å². The fraction of sp³-hybridized carbons (Fsp3) is 0.143. The smallest absolute Gasteiger partial charge is 0.340 e. The van der Waals surface area contributed by atoms with E-state index >= 15 is 0 Å². The van der Waals surface area contributed by atoms with Crippen molar-refractivity contribution in [2.24, 2.45) is 0 Å². The molecule has 2 heterocycles. The molecule has 0 aliphatic heterocycles. The van der Waals surface area contributed by atoms with E-state index < -0.39 is 5.97 Å². The number of carbonyl (C=O) groups excluding carboxylic acids is 2. The van der Waals surface area contributed by atoms with Gasteiger partial charge < -0.3 is 14.8 Å². The van der Waals surface area contributed by atoms with Crippen molar-refractivity contribution in [3.63, 3.8) is 0 Å². The topological polar surface area (TPSA) is 64.6 Å². The van der Waals surface area contributed by atoms with Crippen LogP contribution in [-0.2, 0) is 20.9 Å². The van der Waals surface area contributed by atoms with Crippen molar-refractivity contribution in [1.29, 1.82) is 0 Å². The second-order valence-corrected chi connectivity index (χ2v) is 7.68. The summed E-state index contributed by atoms with van der Waals surface area (Å²) in [6, 6.07) is 15.0. The van der Waals surface area contributed by atoms with Gasteiger partial charge in [0.2, 0.25) is 0 Å². The van der Waals surface area contributed by atoms with E-state index in [1.807, 2.05) is 59.3 Å². The summed E-state index contributed by atoms with van der Waals surface area (Å²) in [7, 11) is 1.59. The third kappa shape index (κ3) is 5.55. The van der Waals surface area contributed by atoms with Gasteiger partial charge >= 0.3 is 5.97 Å². The monoisotopic (exact) mass is 413 g/mol. The number of rotatable bonds is 8. The lowest BCUT2D eigenvalue weighted by atomic mass is 10.2. The molecular formula is C21H19NO4S2. The largest absolute Gasteiger partial charge is 0.497 e. The lowest BCUT2D eigenvalue weighted by Gasteiger charge is -2.09. The Morgan fingerprint density at radius 1 is 1.07 bits per heavy atom. The molecule has 0 atom stereocenters. The Morgan fingerprint density at radius 3 is 2.61 bits per heavy atom. The molecule has 1 aromatic carbocycles. The van der Waals surface area contributed by atoms with E-state index in [0.717, 1.165) is 21.1 Å². The van der Waals surface area contributed by atoms with Gasteiger partial charge in [-0.1, -0.05) is 24.3 Å². The molecule has 0 unspecified atom stereocenters. The molecule has 3 aromatic rings. The lowest BCUT2D eigenvalue weighted by Crippen LogP contribution is -2.28. The Morgan fingerprint density at radius 2 is 1.89 bits per heavy atom. The number of methoxy groups -OCH3 is 1. The van der Waals surface area contributed by atoms with E-state index in [1.54, 1.807) is 13.2 Å². The average molecular weight is 414 g/mol. The number of amides is 1. The van der Waals surface area contributed by atoms with E-state index in [2.05, 4.69) is 5.32 Å². The van der Waals surface area contributed by atoms with Crippen LogP contribution in [0, 0.1) is 0 Å². The third-order valence-electron chi connectivity index (χ3n) is 3.79. The molecule has 28 heavy (non-hydrogen) atoms. The molecular weight excluding hydrogens is 394 g/mol. The number of hydrogen-bond donors (Lipinski definition) is 1. The number of nitrogens with one attached hydrogen (secondary N) is 1. The first-order valence-electron chi connectivity index (χ1n) is 8.51. The van der Waals surface area contributed by atoms with Crippen LogP contribution in [0.1, 0.15) is 15.3 Å². The molecule has 144 valence electrons. The van der Waals surface area contributed by atoms with Gasteiger partial charge in [0.1, 0.15) is 5.75 Å². The maximum atomic E-state index is 12.6. The van der Waals surface area contributed by atoms with Gasteiger partial charge in [0.15, 0.2) is 6.61 Å². The highest BCUT2D eigenvalue weighted by molar-refractivity contribution is 7.12. The van der Waals surface area contributed by atoms with Crippen molar-refractivity contribution in [1.82, 2.24) is 5.32 Å². The molecule has 5 nitrogen and oxygen atoms in total. The average Bonchev–Trinajstić information content (AvgIpc) is 3.42. The first-order chi connectivity index (χ1) is 13.7. The summed E-state index contributed by atoms with van der Waals surface area (Å²) in [6.07, 6.45) is 1.78. The molecule has 7 heteroatoms. The van der Waals surface area contributed by atoms with Crippen molar-refractivity contribution in [3.05, 3.63) is 74.6 Å². The molecule has 0 aliphatic rings. The predicted molar refractivity (Wildman–Crippen MR) is 112 cm³/mol. The lowest BCUT2D eigenvalue weighted by molar-refractivity contribution is -0.142. The van der Waals surface area contributed by atoms with E-state index in [1.165, 1.54) is 22.7 Å². The van der Waals surface area contributed by atoms with Gasteiger partial charge in [-0.15, -0.1) is 22.7 Å². The zero-order valence-corrected chi connectivity index (χ0v) is 16.8. The van der Waals surface area contributed by atoms with E-state index in [9.17, 15) is 9.59 Å². The first kappa shape index (κ1) is 19.9. The highest BCUT2D eigenvalue weighted by Crippen LogP contribution is 2.25. The Hall–Kier alpha value is -2.90. The number of thiophene rings is 2. The predicted octanol–water partition coefficient (Wildman–Crippen LogP) is 4.22. The van der Waals surface area contributed by atoms with Crippen LogP contribution in [0.2, 0.25) is 0 Å². The molecule has 3 rings (SSSR count). The number of carbonyl (C=O) groups is 2. The van der Waals surface area contributed by atoms with Gasteiger partial charge in [-0.25, -0.2) is 4.79 Å². The quantitative estimate of drug-likeness (QED) is 0.444. The second kappa shape index (κ2) is 9.87. The van der Waals surface area contributed by atoms with Crippen molar-refractivity contribution in [3.8, 4) is 5.75 Å². The molecule has 0 spiro atoms. The summed E-state index contributed by atoms with van der Waals surface area (Å²) in [5.41, 5.74) is 1.34. The van der Waals surface area contributed by atoms with Gasteiger partial charge in [0, 0.05) is 16.3 Å². The Kier molecular flexibility index (Phi) is 7.00. The first-order valence-corrected chi connectivity index (χ1v) is 10.3. The van der Waals surface area contributed by atoms with Gasteiger partial charge in [-0.3, -0.25) is 4.79 Å². The van der Waals surface area contributed by atoms with Crippen molar-refractivity contribution < 1.29 is 19.1 Å². The summed E-state index contributed by atoms with van der Waals surface area (Å²) in [5.74, 6) is -0.164. The fourth-order valence-electron chi connectivity index (χ4n) is 2.42. The highest BCUT2D eigenvalue weighted by Gasteiger charge is 2.16. The second-order valence-electron chi connectivity index (χ2n) is 5.76. The third-order valence-corrected chi connectivity index (χ3v) is 5.52. The Labute approximate surface area is 171 Å². The number of benzene rings is 1. The normalized spacial score (nSPS) is 11.1. The molecule has 1 N–H and O–H groups in total. The van der Waals surface area contributed by atoms with Gasteiger partial charge in [-0.05, 0) is 46.7 Å². The molecule has 0 saturated carbocycles. The maximum absolute atomic E-state index is 12.6. The SMILES string of the molecule is COc1cccc(CNC(=O)COC(=O)/C(=C/c2cccs2)c2cccs2)c1. The van der Waals surface area contributed by atoms with Crippen molar-refractivity contribution in [2.75, 3.05) is 13.7 Å².